The Labute approximate surface area is 124 Å². The van der Waals surface area contributed by atoms with Crippen molar-refractivity contribution in [1.82, 2.24) is 4.98 Å². The molecule has 0 spiro atoms. The van der Waals surface area contributed by atoms with Gasteiger partial charge in [0.05, 0.1) is 0 Å². The average molecular weight is 282 g/mol. The van der Waals surface area contributed by atoms with Crippen LogP contribution in [0.3, 0.4) is 0 Å². The Balaban J connectivity index is 2.33. The number of pyridine rings is 1. The Morgan fingerprint density at radius 3 is 2.75 bits per heavy atom. The lowest BCUT2D eigenvalue weighted by atomic mass is 10.1. The number of aromatic nitrogens is 1. The molecule has 2 nitrogen and oxygen atoms in total. The highest BCUT2D eigenvalue weighted by atomic mass is 32.2. The maximum absolute atomic E-state index is 4.31. The fourth-order valence-electron chi connectivity index (χ4n) is 1.75. The van der Waals surface area contributed by atoms with Crippen LogP contribution in [-0.4, -0.2) is 4.98 Å². The topological polar surface area (TPSA) is 24.9 Å². The second kappa shape index (κ2) is 6.44. The molecule has 1 heterocycles. The molecular formula is C17H18N2S. The molecule has 1 aromatic carbocycles. The van der Waals surface area contributed by atoms with Gasteiger partial charge < -0.3 is 5.32 Å². The summed E-state index contributed by atoms with van der Waals surface area (Å²) in [6.07, 6.45) is 3.48. The van der Waals surface area contributed by atoms with Gasteiger partial charge in [-0.15, -0.1) is 0 Å². The predicted molar refractivity (Wildman–Crippen MR) is 91.6 cm³/mol. The van der Waals surface area contributed by atoms with Crippen LogP contribution >= 0.6 is 11.8 Å². The van der Waals surface area contributed by atoms with Gasteiger partial charge in [-0.1, -0.05) is 42.6 Å². The van der Waals surface area contributed by atoms with E-state index < -0.39 is 0 Å². The van der Waals surface area contributed by atoms with Crippen LogP contribution in [-0.2, 0) is 0 Å². The first-order chi connectivity index (χ1) is 9.60. The third-order valence-electron chi connectivity index (χ3n) is 2.73. The highest BCUT2D eigenvalue weighted by molar-refractivity contribution is 8.10. The largest absolute Gasteiger partial charge is 0.347 e. The second-order valence-electron chi connectivity index (χ2n) is 4.72. The molecule has 0 atom stereocenters. The number of nitrogens with one attached hydrogen (secondary N) is 1. The summed E-state index contributed by atoms with van der Waals surface area (Å²) >= 11 is 1.66. The summed E-state index contributed by atoms with van der Waals surface area (Å²) in [5.74, 6) is 0.798. The molecule has 0 unspecified atom stereocenters. The molecule has 2 aromatic rings. The van der Waals surface area contributed by atoms with Crippen molar-refractivity contribution in [2.24, 2.45) is 0 Å². The van der Waals surface area contributed by atoms with Crippen molar-refractivity contribution < 1.29 is 0 Å². The number of allylic oxidation sites excluding steroid dienone is 1. The molecule has 0 aliphatic rings. The summed E-state index contributed by atoms with van der Waals surface area (Å²) in [6.45, 7) is 11.9. The molecule has 0 aliphatic heterocycles. The zero-order valence-electron chi connectivity index (χ0n) is 11.8. The van der Waals surface area contributed by atoms with Crippen molar-refractivity contribution >= 4 is 33.3 Å². The summed E-state index contributed by atoms with van der Waals surface area (Å²) < 4.78 is 0. The van der Waals surface area contributed by atoms with E-state index in [9.17, 15) is 0 Å². The van der Waals surface area contributed by atoms with Crippen molar-refractivity contribution in [3.63, 3.8) is 0 Å². The monoisotopic (exact) mass is 282 g/mol. The van der Waals surface area contributed by atoms with Gasteiger partial charge in [-0.3, -0.25) is 0 Å². The fraction of sp³-hybridized carbons (Fsp3) is 0.118. The Bertz CT molecular complexity index is 682. The quantitative estimate of drug-likeness (QED) is 0.792. The highest BCUT2D eigenvalue weighted by Crippen LogP contribution is 2.30. The Morgan fingerprint density at radius 2 is 2.05 bits per heavy atom. The molecule has 0 radical (unpaired) electrons. The lowest BCUT2D eigenvalue weighted by Gasteiger charge is -2.07. The van der Waals surface area contributed by atoms with Gasteiger partial charge in [-0.05, 0) is 48.5 Å². The maximum atomic E-state index is 4.31. The lowest BCUT2D eigenvalue weighted by molar-refractivity contribution is 1.34. The van der Waals surface area contributed by atoms with E-state index in [0.717, 1.165) is 27.1 Å². The summed E-state index contributed by atoms with van der Waals surface area (Å²) in [7, 11) is 0. The van der Waals surface area contributed by atoms with Crippen LogP contribution in [0, 0.1) is 0 Å². The molecule has 0 bridgehead atoms. The van der Waals surface area contributed by atoms with Crippen molar-refractivity contribution in [2.75, 3.05) is 5.32 Å². The molecule has 20 heavy (non-hydrogen) atoms. The lowest BCUT2D eigenvalue weighted by Crippen LogP contribution is -1.90. The normalized spacial score (nSPS) is 10.1. The number of hydrogen-bond donors (Lipinski definition) is 1. The molecular weight excluding hydrogens is 264 g/mol. The number of nitrogens with zero attached hydrogens (tertiary/aromatic N) is 1. The van der Waals surface area contributed by atoms with E-state index in [0.29, 0.717) is 0 Å². The Hall–Kier alpha value is -2.00. The fourth-order valence-corrected chi connectivity index (χ4v) is 2.40. The summed E-state index contributed by atoms with van der Waals surface area (Å²) in [6, 6.07) is 8.31. The van der Waals surface area contributed by atoms with E-state index in [-0.39, 0.29) is 0 Å². The van der Waals surface area contributed by atoms with E-state index >= 15 is 0 Å². The first-order valence-corrected chi connectivity index (χ1v) is 7.24. The van der Waals surface area contributed by atoms with Crippen molar-refractivity contribution in [2.45, 2.75) is 13.8 Å². The van der Waals surface area contributed by atoms with E-state index in [1.165, 1.54) is 5.57 Å². The molecule has 0 saturated carbocycles. The minimum Gasteiger partial charge on any atom is -0.347 e. The summed E-state index contributed by atoms with van der Waals surface area (Å²) in [5.41, 5.74) is 2.41. The smallest absolute Gasteiger partial charge is 0.130 e. The van der Waals surface area contributed by atoms with Crippen molar-refractivity contribution in [1.29, 1.82) is 0 Å². The number of benzene rings is 1. The van der Waals surface area contributed by atoms with Gasteiger partial charge in [0.15, 0.2) is 0 Å². The van der Waals surface area contributed by atoms with E-state index in [4.69, 9.17) is 0 Å². The van der Waals surface area contributed by atoms with Gasteiger partial charge in [-0.25, -0.2) is 4.98 Å². The van der Waals surface area contributed by atoms with Gasteiger partial charge in [-0.2, -0.15) is 0 Å². The van der Waals surface area contributed by atoms with Gasteiger partial charge in [0.2, 0.25) is 0 Å². The molecule has 3 heteroatoms. The zero-order valence-corrected chi connectivity index (χ0v) is 12.6. The standard InChI is InChI=1S/C17H18N2S/c1-5-18-17-9-16-8-14(6-7-15(16)10-19-17)13(4)20-11-12(2)3/h5-11H,1,4H2,2-3H3,(H,18,19). The molecule has 0 amide bonds. The minimum absolute atomic E-state index is 0.798. The number of rotatable bonds is 5. The van der Waals surface area contributed by atoms with Gasteiger partial charge in [0.1, 0.15) is 5.82 Å². The van der Waals surface area contributed by atoms with Crippen LogP contribution in [0.25, 0.3) is 15.7 Å². The maximum Gasteiger partial charge on any atom is 0.130 e. The third-order valence-corrected chi connectivity index (χ3v) is 3.84. The SMILES string of the molecule is C=CNc1cc2cc(C(=C)SC=C(C)C)ccc2cn1. The van der Waals surface area contributed by atoms with Gasteiger partial charge in [0.25, 0.3) is 0 Å². The molecule has 1 aromatic heterocycles. The summed E-state index contributed by atoms with van der Waals surface area (Å²) in [4.78, 5) is 5.36. The Kier molecular flexibility index (Phi) is 4.64. The first-order valence-electron chi connectivity index (χ1n) is 6.36. The van der Waals surface area contributed by atoms with Crippen LogP contribution in [0.1, 0.15) is 19.4 Å². The summed E-state index contributed by atoms with van der Waals surface area (Å²) in [5, 5.41) is 7.37. The minimum atomic E-state index is 0.798. The number of hydrogen-bond acceptors (Lipinski definition) is 3. The molecule has 0 saturated heterocycles. The highest BCUT2D eigenvalue weighted by Gasteiger charge is 2.02. The molecule has 2 rings (SSSR count). The molecule has 0 aliphatic carbocycles. The predicted octanol–water partition coefficient (Wildman–Crippen LogP) is 5.42. The van der Waals surface area contributed by atoms with Crippen molar-refractivity contribution in [3.8, 4) is 0 Å². The van der Waals surface area contributed by atoms with Gasteiger partial charge >= 0.3 is 0 Å². The van der Waals surface area contributed by atoms with Crippen LogP contribution in [0.4, 0.5) is 5.82 Å². The van der Waals surface area contributed by atoms with Crippen LogP contribution in [0.5, 0.6) is 0 Å². The zero-order chi connectivity index (χ0) is 14.5. The third kappa shape index (κ3) is 3.52. The Morgan fingerprint density at radius 1 is 1.25 bits per heavy atom. The molecule has 102 valence electrons. The first kappa shape index (κ1) is 14.4. The van der Waals surface area contributed by atoms with E-state index in [1.54, 1.807) is 18.0 Å². The number of fused-ring (bicyclic) bond motifs is 1. The second-order valence-corrected chi connectivity index (χ2v) is 5.68. The molecule has 1 N–H and O–H groups in total. The van der Waals surface area contributed by atoms with Crippen LogP contribution in [0.15, 0.2) is 60.8 Å². The van der Waals surface area contributed by atoms with E-state index in [1.807, 2.05) is 12.3 Å². The van der Waals surface area contributed by atoms with Gasteiger partial charge in [0, 0.05) is 16.5 Å². The van der Waals surface area contributed by atoms with Crippen LogP contribution in [0.2, 0.25) is 0 Å². The van der Waals surface area contributed by atoms with Crippen LogP contribution < -0.4 is 5.32 Å². The number of anilines is 1. The van der Waals surface area contributed by atoms with Crippen molar-refractivity contribution in [3.05, 3.63) is 66.4 Å². The average Bonchev–Trinajstić information content (AvgIpc) is 2.44. The molecule has 0 fully saturated rings. The van der Waals surface area contributed by atoms with E-state index in [2.05, 4.69) is 60.9 Å². The number of thioether (sulfide) groups is 1.